The molecule has 3 amide bonds. The Bertz CT molecular complexity index is 1250. The lowest BCUT2D eigenvalue weighted by atomic mass is 10.0. The SMILES string of the molecule is Cl.N=C(c1ccncc1)[C@@H](C(=O)ON1C(=O)c2ccccc2C1=O)N(C(=O)CN)c1ccccc1. The van der Waals surface area contributed by atoms with E-state index in [1.165, 1.54) is 36.7 Å². The van der Waals surface area contributed by atoms with Crippen molar-refractivity contribution in [3.63, 3.8) is 0 Å². The standard InChI is InChI=1S/C24H19N5O5.ClH/c25-14-19(30)28(16-6-2-1-3-7-16)21(20(26)15-10-12-27-13-11-15)24(33)34-29-22(31)17-8-4-5-9-18(17)23(29)32;/h1-13,21,26H,14,25H2;1H/t21-;/m0./s1. The Kier molecular flexibility index (Phi) is 7.69. The zero-order valence-electron chi connectivity index (χ0n) is 18.2. The first-order valence-electron chi connectivity index (χ1n) is 10.2. The highest BCUT2D eigenvalue weighted by Gasteiger charge is 2.43. The number of carbonyl (C=O) groups excluding carboxylic acids is 4. The van der Waals surface area contributed by atoms with Crippen molar-refractivity contribution in [3.05, 3.63) is 95.8 Å². The van der Waals surface area contributed by atoms with Gasteiger partial charge in [0.1, 0.15) is 0 Å². The van der Waals surface area contributed by atoms with E-state index in [1.54, 1.807) is 42.5 Å². The number of anilines is 1. The number of halogens is 1. The molecule has 1 aliphatic heterocycles. The van der Waals surface area contributed by atoms with Gasteiger partial charge in [0.25, 0.3) is 11.8 Å². The number of hydroxylamine groups is 2. The van der Waals surface area contributed by atoms with Crippen molar-refractivity contribution < 1.29 is 24.0 Å². The molecule has 10 nitrogen and oxygen atoms in total. The Labute approximate surface area is 206 Å². The van der Waals surface area contributed by atoms with Crippen LogP contribution in [0.2, 0.25) is 0 Å². The van der Waals surface area contributed by atoms with E-state index in [0.717, 1.165) is 4.90 Å². The first kappa shape index (κ1) is 25.2. The predicted molar refractivity (Wildman–Crippen MR) is 128 cm³/mol. The third-order valence-electron chi connectivity index (χ3n) is 5.16. The molecule has 0 unspecified atom stereocenters. The number of aromatic nitrogens is 1. The zero-order valence-corrected chi connectivity index (χ0v) is 19.0. The number of fused-ring (bicyclic) bond motifs is 1. The van der Waals surface area contributed by atoms with Gasteiger partial charge in [0, 0.05) is 23.6 Å². The number of amides is 3. The second kappa shape index (κ2) is 10.7. The summed E-state index contributed by atoms with van der Waals surface area (Å²) < 4.78 is 0. The number of benzene rings is 2. The summed E-state index contributed by atoms with van der Waals surface area (Å²) >= 11 is 0. The Morgan fingerprint density at radius 3 is 2.03 bits per heavy atom. The van der Waals surface area contributed by atoms with E-state index in [9.17, 15) is 19.2 Å². The van der Waals surface area contributed by atoms with E-state index in [4.69, 9.17) is 16.0 Å². The molecule has 0 fully saturated rings. The van der Waals surface area contributed by atoms with Crippen LogP contribution in [0.3, 0.4) is 0 Å². The number of nitrogens with one attached hydrogen (secondary N) is 1. The van der Waals surface area contributed by atoms with Gasteiger partial charge < -0.3 is 16.0 Å². The Morgan fingerprint density at radius 2 is 1.49 bits per heavy atom. The van der Waals surface area contributed by atoms with Gasteiger partial charge in [0.15, 0.2) is 6.04 Å². The van der Waals surface area contributed by atoms with Gasteiger partial charge >= 0.3 is 5.97 Å². The third-order valence-corrected chi connectivity index (χ3v) is 5.16. The Hall–Kier alpha value is -4.41. The van der Waals surface area contributed by atoms with Gasteiger partial charge in [-0.3, -0.25) is 24.3 Å². The molecule has 0 bridgehead atoms. The number of imide groups is 1. The quantitative estimate of drug-likeness (QED) is 0.378. The van der Waals surface area contributed by atoms with Gasteiger partial charge in [-0.05, 0) is 36.4 Å². The van der Waals surface area contributed by atoms with Crippen molar-refractivity contribution in [2.75, 3.05) is 11.4 Å². The Balaban J connectivity index is 0.00000342. The summed E-state index contributed by atoms with van der Waals surface area (Å²) in [6.45, 7) is -0.463. The second-order valence-corrected chi connectivity index (χ2v) is 7.22. The minimum atomic E-state index is -1.65. The second-order valence-electron chi connectivity index (χ2n) is 7.22. The highest BCUT2D eigenvalue weighted by molar-refractivity contribution is 6.23. The molecule has 178 valence electrons. The van der Waals surface area contributed by atoms with Crippen molar-refractivity contribution in [3.8, 4) is 0 Å². The summed E-state index contributed by atoms with van der Waals surface area (Å²) in [7, 11) is 0. The fraction of sp³-hybridized carbons (Fsp3) is 0.0833. The fourth-order valence-electron chi connectivity index (χ4n) is 3.56. The maximum absolute atomic E-state index is 13.4. The zero-order chi connectivity index (χ0) is 24.2. The fourth-order valence-corrected chi connectivity index (χ4v) is 3.56. The highest BCUT2D eigenvalue weighted by Crippen LogP contribution is 2.25. The number of pyridine rings is 1. The molecule has 4 rings (SSSR count). The van der Waals surface area contributed by atoms with E-state index < -0.39 is 36.3 Å². The lowest BCUT2D eigenvalue weighted by molar-refractivity contribution is -0.168. The van der Waals surface area contributed by atoms with E-state index in [0.29, 0.717) is 5.06 Å². The molecule has 2 heterocycles. The summed E-state index contributed by atoms with van der Waals surface area (Å²) in [5.41, 5.74) is 6.03. The van der Waals surface area contributed by atoms with E-state index in [1.807, 2.05) is 0 Å². The lowest BCUT2D eigenvalue weighted by Gasteiger charge is -2.31. The molecule has 0 saturated heterocycles. The molecule has 1 aromatic heterocycles. The first-order chi connectivity index (χ1) is 16.4. The maximum atomic E-state index is 13.4. The number of rotatable bonds is 7. The van der Waals surface area contributed by atoms with Gasteiger partial charge in [-0.2, -0.15) is 0 Å². The van der Waals surface area contributed by atoms with Gasteiger partial charge in [-0.1, -0.05) is 35.4 Å². The third kappa shape index (κ3) is 4.79. The molecular formula is C24H20ClN5O5. The molecule has 1 aliphatic rings. The predicted octanol–water partition coefficient (Wildman–Crippen LogP) is 1.99. The molecule has 1 atom stereocenters. The van der Waals surface area contributed by atoms with Crippen LogP contribution in [0.25, 0.3) is 0 Å². The van der Waals surface area contributed by atoms with Gasteiger partial charge in [-0.25, -0.2) is 4.79 Å². The molecule has 3 N–H and O–H groups in total. The summed E-state index contributed by atoms with van der Waals surface area (Å²) in [5, 5.41) is 9.06. The summed E-state index contributed by atoms with van der Waals surface area (Å²) in [4.78, 5) is 61.9. The average Bonchev–Trinajstić information content (AvgIpc) is 3.12. The summed E-state index contributed by atoms with van der Waals surface area (Å²) in [5.74, 6) is -3.49. The van der Waals surface area contributed by atoms with Crippen LogP contribution >= 0.6 is 12.4 Å². The maximum Gasteiger partial charge on any atom is 0.362 e. The van der Waals surface area contributed by atoms with Crippen molar-refractivity contribution in [2.24, 2.45) is 5.73 Å². The average molecular weight is 494 g/mol. The molecule has 0 spiro atoms. The molecule has 0 saturated carbocycles. The van der Waals surface area contributed by atoms with E-state index in [-0.39, 0.29) is 40.5 Å². The van der Waals surface area contributed by atoms with Crippen LogP contribution in [-0.4, -0.2) is 52.0 Å². The molecule has 2 aromatic carbocycles. The molecule has 0 aliphatic carbocycles. The Morgan fingerprint density at radius 1 is 0.943 bits per heavy atom. The minimum absolute atomic E-state index is 0. The number of hydrogen-bond donors (Lipinski definition) is 2. The van der Waals surface area contributed by atoms with Crippen molar-refractivity contribution in [1.29, 1.82) is 5.41 Å². The van der Waals surface area contributed by atoms with Crippen LogP contribution in [0.1, 0.15) is 26.3 Å². The van der Waals surface area contributed by atoms with Crippen LogP contribution in [0.15, 0.2) is 79.1 Å². The van der Waals surface area contributed by atoms with Crippen LogP contribution in [-0.2, 0) is 14.4 Å². The topological polar surface area (TPSA) is 147 Å². The molecular weight excluding hydrogens is 474 g/mol. The number of para-hydroxylation sites is 1. The number of hydrogen-bond acceptors (Lipinski definition) is 8. The minimum Gasteiger partial charge on any atom is -0.327 e. The summed E-state index contributed by atoms with van der Waals surface area (Å²) in [6, 6.07) is 15.5. The molecule has 11 heteroatoms. The van der Waals surface area contributed by atoms with Crippen LogP contribution < -0.4 is 10.6 Å². The monoisotopic (exact) mass is 493 g/mol. The van der Waals surface area contributed by atoms with Crippen LogP contribution in [0.5, 0.6) is 0 Å². The smallest absolute Gasteiger partial charge is 0.327 e. The molecule has 35 heavy (non-hydrogen) atoms. The van der Waals surface area contributed by atoms with E-state index in [2.05, 4.69) is 4.98 Å². The van der Waals surface area contributed by atoms with Gasteiger partial charge in [0.05, 0.1) is 23.4 Å². The van der Waals surface area contributed by atoms with Crippen molar-refractivity contribution in [1.82, 2.24) is 10.0 Å². The van der Waals surface area contributed by atoms with Crippen molar-refractivity contribution >= 4 is 47.5 Å². The number of nitrogens with two attached hydrogens (primary N) is 1. The number of carbonyl (C=O) groups is 4. The normalized spacial score (nSPS) is 12.9. The highest BCUT2D eigenvalue weighted by atomic mass is 35.5. The van der Waals surface area contributed by atoms with E-state index >= 15 is 0 Å². The summed E-state index contributed by atoms with van der Waals surface area (Å²) in [6.07, 6.45) is 2.85. The lowest BCUT2D eigenvalue weighted by Crippen LogP contribution is -2.54. The largest absolute Gasteiger partial charge is 0.362 e. The first-order valence-corrected chi connectivity index (χ1v) is 10.2. The van der Waals surface area contributed by atoms with Crippen molar-refractivity contribution in [2.45, 2.75) is 6.04 Å². The number of nitrogens with zero attached hydrogens (tertiary/aromatic N) is 3. The molecule has 0 radical (unpaired) electrons. The van der Waals surface area contributed by atoms with Gasteiger partial charge in [0.2, 0.25) is 5.91 Å². The van der Waals surface area contributed by atoms with Crippen LogP contribution in [0.4, 0.5) is 5.69 Å². The molecule has 3 aromatic rings. The van der Waals surface area contributed by atoms with Gasteiger partial charge in [-0.15, -0.1) is 12.4 Å². The van der Waals surface area contributed by atoms with Crippen LogP contribution in [0, 0.1) is 5.41 Å².